The molecule has 0 atom stereocenters. The molecule has 0 bridgehead atoms. The highest BCUT2D eigenvalue weighted by Gasteiger charge is 2.15. The molecule has 1 aromatic carbocycles. The third-order valence-corrected chi connectivity index (χ3v) is 5.24. The first kappa shape index (κ1) is 14.3. The topological polar surface area (TPSA) is 101 Å². The van der Waals surface area contributed by atoms with Gasteiger partial charge in [-0.05, 0) is 18.2 Å². The van der Waals surface area contributed by atoms with Crippen molar-refractivity contribution in [2.24, 2.45) is 0 Å². The van der Waals surface area contributed by atoms with Crippen LogP contribution in [0.1, 0.15) is 16.1 Å². The predicted octanol–water partition coefficient (Wildman–Crippen LogP) is 2.73. The number of rotatable bonds is 3. The van der Waals surface area contributed by atoms with E-state index >= 15 is 0 Å². The number of thioether (sulfide) groups is 1. The number of nitrogens with zero attached hydrogens (tertiary/aromatic N) is 3. The molecule has 3 aromatic rings. The molecule has 3 N–H and O–H groups in total. The van der Waals surface area contributed by atoms with Crippen molar-refractivity contribution < 1.29 is 4.98 Å². The van der Waals surface area contributed by atoms with Crippen LogP contribution in [0.4, 0.5) is 5.82 Å². The average molecular weight is 324 g/mol. The molecular weight excluding hydrogens is 314 g/mol. The number of pyridine rings is 1. The van der Waals surface area contributed by atoms with Gasteiger partial charge in [-0.25, -0.2) is 9.97 Å². The van der Waals surface area contributed by atoms with Crippen molar-refractivity contribution in [3.63, 3.8) is 0 Å². The van der Waals surface area contributed by atoms with Crippen LogP contribution in [0, 0.1) is 22.7 Å². The van der Waals surface area contributed by atoms with Crippen molar-refractivity contribution >= 4 is 39.1 Å². The number of nitrogen functional groups attached to an aromatic ring is 1. The Kier molecular flexibility index (Phi) is 3.92. The number of nitrogens with two attached hydrogens (primary N) is 1. The molecule has 2 aromatic heterocycles. The molecule has 0 radical (unpaired) electrons. The number of nitrogens with one attached hydrogen (secondary N) is 1. The first-order valence-electron chi connectivity index (χ1n) is 6.34. The predicted molar refractivity (Wildman–Crippen MR) is 86.0 cm³/mol. The number of para-hydroxylation sites is 1. The molecular formula is C15H10N5S2+. The maximum Gasteiger partial charge on any atom is 0.289 e. The highest BCUT2D eigenvalue weighted by atomic mass is 32.2. The summed E-state index contributed by atoms with van der Waals surface area (Å²) in [7, 11) is 0. The third kappa shape index (κ3) is 2.73. The molecule has 0 fully saturated rings. The summed E-state index contributed by atoms with van der Waals surface area (Å²) in [5, 5.41) is 19.8. The molecule has 3 rings (SSSR count). The summed E-state index contributed by atoms with van der Waals surface area (Å²) in [5.41, 5.74) is 7.44. The minimum atomic E-state index is 0.272. The molecule has 0 spiro atoms. The Hall–Kier alpha value is -2.61. The Balaban J connectivity index is 1.86. The lowest BCUT2D eigenvalue weighted by Crippen LogP contribution is -2.16. The fraction of sp³-hybridized carbons (Fsp3) is 0.0667. The second-order valence-corrected chi connectivity index (χ2v) is 6.53. The van der Waals surface area contributed by atoms with Gasteiger partial charge < -0.3 is 0 Å². The number of anilines is 1. The van der Waals surface area contributed by atoms with E-state index in [4.69, 9.17) is 11.0 Å². The molecule has 5 nitrogen and oxygen atoms in total. The molecule has 2 heterocycles. The smallest absolute Gasteiger partial charge is 0.286 e. The van der Waals surface area contributed by atoms with Crippen molar-refractivity contribution in [3.8, 4) is 12.1 Å². The molecule has 0 aliphatic carbocycles. The maximum absolute atomic E-state index is 9.19. The zero-order valence-corrected chi connectivity index (χ0v) is 13.0. The highest BCUT2D eigenvalue weighted by molar-refractivity contribution is 7.98. The third-order valence-electron chi connectivity index (χ3n) is 2.99. The first-order chi connectivity index (χ1) is 10.7. The van der Waals surface area contributed by atoms with Crippen LogP contribution in [-0.2, 0) is 5.75 Å². The van der Waals surface area contributed by atoms with Gasteiger partial charge in [-0.2, -0.15) is 10.5 Å². The van der Waals surface area contributed by atoms with Crippen molar-refractivity contribution in [1.29, 1.82) is 10.5 Å². The number of benzene rings is 1. The largest absolute Gasteiger partial charge is 0.289 e. The standard InChI is InChI=1S/C15H9N5S2/c16-6-9-5-10(7-17)15(20-14(9)18)21-8-13-19-11-3-1-2-4-12(11)22-13/h1-5H,8H2,(H2,18,20)/p+1. The number of aromatic nitrogens is 2. The van der Waals surface area contributed by atoms with E-state index in [1.807, 2.05) is 30.3 Å². The van der Waals surface area contributed by atoms with E-state index in [1.54, 1.807) is 11.3 Å². The van der Waals surface area contributed by atoms with Gasteiger partial charge >= 0.3 is 0 Å². The minimum absolute atomic E-state index is 0.272. The number of thiazole rings is 1. The Morgan fingerprint density at radius 3 is 2.73 bits per heavy atom. The van der Waals surface area contributed by atoms with Crippen molar-refractivity contribution in [2.75, 3.05) is 5.73 Å². The minimum Gasteiger partial charge on any atom is -0.286 e. The second-order valence-electron chi connectivity index (χ2n) is 4.43. The molecule has 0 saturated heterocycles. The lowest BCUT2D eigenvalue weighted by atomic mass is 10.2. The van der Waals surface area contributed by atoms with E-state index in [0.29, 0.717) is 16.3 Å². The van der Waals surface area contributed by atoms with Gasteiger partial charge in [0.1, 0.15) is 28.3 Å². The van der Waals surface area contributed by atoms with Gasteiger partial charge in [-0.15, -0.1) is 11.3 Å². The summed E-state index contributed by atoms with van der Waals surface area (Å²) in [4.78, 5) is 7.48. The van der Waals surface area contributed by atoms with Gasteiger partial charge in [-0.1, -0.05) is 23.9 Å². The second kappa shape index (κ2) is 6.02. The number of hydrogen-bond acceptors (Lipinski definition) is 6. The molecule has 106 valence electrons. The lowest BCUT2D eigenvalue weighted by molar-refractivity contribution is -0.410. The van der Waals surface area contributed by atoms with Crippen LogP contribution in [0.5, 0.6) is 0 Å². The van der Waals surface area contributed by atoms with Gasteiger partial charge in [-0.3, -0.25) is 5.73 Å². The van der Waals surface area contributed by atoms with Crippen molar-refractivity contribution in [1.82, 2.24) is 4.98 Å². The Morgan fingerprint density at radius 2 is 2.00 bits per heavy atom. The Labute approximate surface area is 135 Å². The molecule has 0 unspecified atom stereocenters. The molecule has 7 heteroatoms. The van der Waals surface area contributed by atoms with E-state index in [0.717, 1.165) is 15.2 Å². The van der Waals surface area contributed by atoms with Crippen LogP contribution in [0.3, 0.4) is 0 Å². The number of hydrogen-bond donors (Lipinski definition) is 1. The van der Waals surface area contributed by atoms with E-state index in [-0.39, 0.29) is 11.4 Å². The average Bonchev–Trinajstić information content (AvgIpc) is 2.95. The summed E-state index contributed by atoms with van der Waals surface area (Å²) >= 11 is 3.08. The Morgan fingerprint density at radius 1 is 1.23 bits per heavy atom. The normalized spacial score (nSPS) is 10.3. The van der Waals surface area contributed by atoms with E-state index < -0.39 is 0 Å². The monoisotopic (exact) mass is 324 g/mol. The molecule has 0 amide bonds. The van der Waals surface area contributed by atoms with Crippen LogP contribution >= 0.6 is 23.1 Å². The summed E-state index contributed by atoms with van der Waals surface area (Å²) in [6.45, 7) is 0. The fourth-order valence-electron chi connectivity index (χ4n) is 1.95. The van der Waals surface area contributed by atoms with Gasteiger partial charge in [0.2, 0.25) is 0 Å². The fourth-order valence-corrected chi connectivity index (χ4v) is 3.90. The summed E-state index contributed by atoms with van der Waals surface area (Å²) < 4.78 is 1.14. The molecule has 0 aliphatic rings. The summed E-state index contributed by atoms with van der Waals surface area (Å²) in [5.74, 6) is 0.906. The first-order valence-corrected chi connectivity index (χ1v) is 8.14. The van der Waals surface area contributed by atoms with E-state index in [2.05, 4.69) is 16.0 Å². The maximum atomic E-state index is 9.19. The molecule has 0 saturated carbocycles. The van der Waals surface area contributed by atoms with Crippen LogP contribution in [0.2, 0.25) is 0 Å². The molecule has 0 aliphatic heterocycles. The molecule has 22 heavy (non-hydrogen) atoms. The number of fused-ring (bicyclic) bond motifs is 1. The Bertz CT molecular complexity index is 900. The zero-order chi connectivity index (χ0) is 15.5. The number of nitriles is 2. The van der Waals surface area contributed by atoms with Crippen molar-refractivity contribution in [3.05, 3.63) is 46.5 Å². The number of aromatic amines is 1. The van der Waals surface area contributed by atoms with Crippen LogP contribution < -0.4 is 10.7 Å². The van der Waals surface area contributed by atoms with Gasteiger partial charge in [0, 0.05) is 0 Å². The van der Waals surface area contributed by atoms with Crippen LogP contribution in [0.15, 0.2) is 35.4 Å². The van der Waals surface area contributed by atoms with Crippen LogP contribution in [0.25, 0.3) is 10.2 Å². The van der Waals surface area contributed by atoms with E-state index in [1.165, 1.54) is 17.8 Å². The van der Waals surface area contributed by atoms with Crippen molar-refractivity contribution in [2.45, 2.75) is 10.8 Å². The zero-order valence-electron chi connectivity index (χ0n) is 11.3. The highest BCUT2D eigenvalue weighted by Crippen LogP contribution is 2.28. The van der Waals surface area contributed by atoms with Gasteiger partial charge in [0.15, 0.2) is 5.03 Å². The number of H-pyrrole nitrogens is 1. The van der Waals surface area contributed by atoms with Crippen LogP contribution in [-0.4, -0.2) is 4.98 Å². The van der Waals surface area contributed by atoms with Gasteiger partial charge in [0.05, 0.1) is 16.0 Å². The van der Waals surface area contributed by atoms with Gasteiger partial charge in [0.25, 0.3) is 5.82 Å². The SMILES string of the molecule is N#Cc1cc(C#N)c(SCc2nc3ccccc3s2)[nH+]c1N. The summed E-state index contributed by atoms with van der Waals surface area (Å²) in [6.07, 6.45) is 0. The lowest BCUT2D eigenvalue weighted by Gasteiger charge is -2.00. The van der Waals surface area contributed by atoms with E-state index in [9.17, 15) is 5.26 Å². The quantitative estimate of drug-likeness (QED) is 0.746. The summed E-state index contributed by atoms with van der Waals surface area (Å²) in [6, 6.07) is 13.5.